The first-order valence-corrected chi connectivity index (χ1v) is 12.1. The molecule has 3 aromatic rings. The quantitative estimate of drug-likeness (QED) is 0.410. The minimum atomic E-state index is -0.406. The first-order valence-electron chi connectivity index (χ1n) is 11.2. The molecule has 0 fully saturated rings. The van der Waals surface area contributed by atoms with E-state index in [0.717, 1.165) is 16.2 Å². The first kappa shape index (κ1) is 24.7. The van der Waals surface area contributed by atoms with Crippen molar-refractivity contribution in [2.45, 2.75) is 12.5 Å². The van der Waals surface area contributed by atoms with Crippen LogP contribution in [0.2, 0.25) is 0 Å². The van der Waals surface area contributed by atoms with Crippen molar-refractivity contribution in [1.29, 1.82) is 0 Å². The fraction of sp³-hybridized carbons (Fsp3) is 0.308. The summed E-state index contributed by atoms with van der Waals surface area (Å²) >= 11 is 1.60. The van der Waals surface area contributed by atoms with E-state index in [0.29, 0.717) is 24.5 Å². The molecule has 184 valence electrons. The minimum absolute atomic E-state index is 0.135. The molecule has 4 rings (SSSR count). The lowest BCUT2D eigenvalue weighted by atomic mass is 10.0. The van der Waals surface area contributed by atoms with Crippen LogP contribution in [0.4, 0.5) is 4.39 Å². The third kappa shape index (κ3) is 5.80. The third-order valence-electron chi connectivity index (χ3n) is 5.74. The minimum Gasteiger partial charge on any atom is -0.493 e. The van der Waals surface area contributed by atoms with Crippen molar-refractivity contribution in [3.8, 4) is 17.2 Å². The molecule has 1 aliphatic heterocycles. The number of hydrazone groups is 1. The van der Waals surface area contributed by atoms with Gasteiger partial charge in [0.1, 0.15) is 6.61 Å². The maximum atomic E-state index is 13.8. The van der Waals surface area contributed by atoms with Crippen molar-refractivity contribution in [3.05, 3.63) is 76.2 Å². The topological polar surface area (TPSA) is 63.6 Å². The van der Waals surface area contributed by atoms with Crippen LogP contribution >= 0.6 is 11.3 Å². The zero-order valence-corrected chi connectivity index (χ0v) is 20.8. The number of rotatable bonds is 10. The molecule has 0 bridgehead atoms. The van der Waals surface area contributed by atoms with Crippen LogP contribution in [0.25, 0.3) is 0 Å². The number of nitrogens with zero attached hydrogens (tertiary/aromatic N) is 3. The molecule has 1 aromatic heterocycles. The SMILES string of the molecule is COc1ccc([C@@H]2CC(c3cccs3)=NN2C(=O)CN(C)CCOc2ccccc2F)cc1OC. The molecule has 0 saturated heterocycles. The molecule has 9 heteroatoms. The summed E-state index contributed by atoms with van der Waals surface area (Å²) in [4.78, 5) is 16.2. The summed E-state index contributed by atoms with van der Waals surface area (Å²) in [5.41, 5.74) is 1.79. The maximum absolute atomic E-state index is 13.8. The molecule has 1 aliphatic rings. The molecule has 35 heavy (non-hydrogen) atoms. The Morgan fingerprint density at radius 2 is 1.91 bits per heavy atom. The van der Waals surface area contributed by atoms with Crippen molar-refractivity contribution in [2.75, 3.05) is 41.0 Å². The largest absolute Gasteiger partial charge is 0.493 e. The molecule has 7 nitrogen and oxygen atoms in total. The van der Waals surface area contributed by atoms with Gasteiger partial charge in [-0.05, 0) is 48.3 Å². The number of thiophene rings is 1. The molecule has 2 heterocycles. The maximum Gasteiger partial charge on any atom is 0.257 e. The monoisotopic (exact) mass is 497 g/mol. The summed E-state index contributed by atoms with van der Waals surface area (Å²) in [6.45, 7) is 0.857. The van der Waals surface area contributed by atoms with E-state index in [1.165, 1.54) is 6.07 Å². The molecule has 1 atom stereocenters. The average molecular weight is 498 g/mol. The molecule has 0 unspecified atom stereocenters. The first-order chi connectivity index (χ1) is 17.0. The molecule has 0 radical (unpaired) electrons. The highest BCUT2D eigenvalue weighted by molar-refractivity contribution is 7.12. The molecule has 1 amide bonds. The summed E-state index contributed by atoms with van der Waals surface area (Å²) in [6, 6.07) is 15.7. The second kappa shape index (κ2) is 11.3. The van der Waals surface area contributed by atoms with Crippen molar-refractivity contribution in [1.82, 2.24) is 9.91 Å². The number of benzene rings is 2. The molecule has 0 saturated carbocycles. The van der Waals surface area contributed by atoms with Crippen LogP contribution in [0.3, 0.4) is 0 Å². The highest BCUT2D eigenvalue weighted by atomic mass is 32.1. The number of ether oxygens (including phenoxy) is 3. The Bertz CT molecular complexity index is 1190. The predicted octanol–water partition coefficient (Wildman–Crippen LogP) is 4.59. The van der Waals surface area contributed by atoms with Crippen LogP contribution in [0.1, 0.15) is 22.9 Å². The van der Waals surface area contributed by atoms with Crippen molar-refractivity contribution < 1.29 is 23.4 Å². The lowest BCUT2D eigenvalue weighted by Gasteiger charge is -2.25. The Kier molecular flexibility index (Phi) is 7.99. The van der Waals surface area contributed by atoms with Gasteiger partial charge in [-0.15, -0.1) is 11.3 Å². The number of para-hydroxylation sites is 1. The van der Waals surface area contributed by atoms with E-state index < -0.39 is 5.82 Å². The van der Waals surface area contributed by atoms with Gasteiger partial charge < -0.3 is 14.2 Å². The summed E-state index contributed by atoms with van der Waals surface area (Å²) < 4.78 is 30.1. The van der Waals surface area contributed by atoms with Gasteiger partial charge in [-0.2, -0.15) is 5.10 Å². The fourth-order valence-electron chi connectivity index (χ4n) is 3.91. The Morgan fingerprint density at radius 3 is 2.63 bits per heavy atom. The van der Waals surface area contributed by atoms with E-state index in [-0.39, 0.29) is 30.9 Å². The van der Waals surface area contributed by atoms with Gasteiger partial charge in [-0.3, -0.25) is 9.69 Å². The fourth-order valence-corrected chi connectivity index (χ4v) is 4.63. The predicted molar refractivity (Wildman–Crippen MR) is 134 cm³/mol. The Labute approximate surface area is 208 Å². The highest BCUT2D eigenvalue weighted by Gasteiger charge is 2.34. The van der Waals surface area contributed by atoms with Gasteiger partial charge in [0, 0.05) is 13.0 Å². The Hall–Kier alpha value is -3.43. The second-order valence-electron chi connectivity index (χ2n) is 8.11. The molecule has 0 N–H and O–H groups in total. The van der Waals surface area contributed by atoms with Crippen LogP contribution < -0.4 is 14.2 Å². The van der Waals surface area contributed by atoms with Gasteiger partial charge in [0.15, 0.2) is 23.1 Å². The highest BCUT2D eigenvalue weighted by Crippen LogP contribution is 2.37. The smallest absolute Gasteiger partial charge is 0.257 e. The Balaban J connectivity index is 1.46. The van der Waals surface area contributed by atoms with Gasteiger partial charge >= 0.3 is 0 Å². The van der Waals surface area contributed by atoms with Crippen LogP contribution in [0, 0.1) is 5.82 Å². The molecule has 0 spiro atoms. The van der Waals surface area contributed by atoms with Crippen LogP contribution in [-0.2, 0) is 4.79 Å². The molecular formula is C26H28FN3O4S. The molecular weight excluding hydrogens is 469 g/mol. The number of methoxy groups -OCH3 is 2. The third-order valence-corrected chi connectivity index (χ3v) is 6.66. The second-order valence-corrected chi connectivity index (χ2v) is 9.06. The summed E-state index contributed by atoms with van der Waals surface area (Å²) in [6.07, 6.45) is 0.599. The van der Waals surface area contributed by atoms with E-state index in [9.17, 15) is 9.18 Å². The average Bonchev–Trinajstić information content (AvgIpc) is 3.55. The van der Waals surface area contributed by atoms with Gasteiger partial charge in [0.05, 0.1) is 37.4 Å². The lowest BCUT2D eigenvalue weighted by Crippen LogP contribution is -2.38. The standard InChI is InChI=1S/C26H28FN3O4S/c1-29(12-13-34-22-8-5-4-7-19(22)27)17-26(31)30-21(16-20(28-30)25-9-6-14-35-25)18-10-11-23(32-2)24(15-18)33-3/h4-11,14-15,21H,12-13,16-17H2,1-3H3/t21-/m0/s1. The summed E-state index contributed by atoms with van der Waals surface area (Å²) in [7, 11) is 5.01. The van der Waals surface area contributed by atoms with Crippen LogP contribution in [-0.4, -0.2) is 62.5 Å². The zero-order chi connectivity index (χ0) is 24.8. The number of amides is 1. The van der Waals surface area contributed by atoms with Gasteiger partial charge in [-0.25, -0.2) is 9.40 Å². The molecule has 0 aliphatic carbocycles. The van der Waals surface area contributed by atoms with Crippen molar-refractivity contribution in [2.24, 2.45) is 5.10 Å². The van der Waals surface area contributed by atoms with Crippen LogP contribution in [0.15, 0.2) is 65.1 Å². The zero-order valence-electron chi connectivity index (χ0n) is 19.9. The number of carbonyl (C=O) groups is 1. The van der Waals surface area contributed by atoms with Crippen molar-refractivity contribution >= 4 is 23.0 Å². The normalized spacial score (nSPS) is 15.3. The van der Waals surface area contributed by atoms with Gasteiger partial charge in [-0.1, -0.05) is 24.3 Å². The summed E-state index contributed by atoms with van der Waals surface area (Å²) in [5.74, 6) is 0.886. The number of halogens is 1. The number of carbonyl (C=O) groups excluding carboxylic acids is 1. The number of hydrogen-bond acceptors (Lipinski definition) is 7. The van der Waals surface area contributed by atoms with Gasteiger partial charge in [0.25, 0.3) is 5.91 Å². The van der Waals surface area contributed by atoms with E-state index in [1.807, 2.05) is 47.7 Å². The van der Waals surface area contributed by atoms with Crippen LogP contribution in [0.5, 0.6) is 17.2 Å². The van der Waals surface area contributed by atoms with E-state index in [1.54, 1.807) is 48.8 Å². The number of hydrogen-bond donors (Lipinski definition) is 0. The Morgan fingerprint density at radius 1 is 1.11 bits per heavy atom. The van der Waals surface area contributed by atoms with Gasteiger partial charge in [0.2, 0.25) is 0 Å². The van der Waals surface area contributed by atoms with Crippen molar-refractivity contribution in [3.63, 3.8) is 0 Å². The van der Waals surface area contributed by atoms with E-state index in [4.69, 9.17) is 19.3 Å². The lowest BCUT2D eigenvalue weighted by molar-refractivity contribution is -0.134. The summed E-state index contributed by atoms with van der Waals surface area (Å²) in [5, 5.41) is 8.27. The van der Waals surface area contributed by atoms with E-state index >= 15 is 0 Å². The number of likely N-dealkylation sites (N-methyl/N-ethyl adjacent to an activating group) is 1. The molecule has 2 aromatic carbocycles. The van der Waals surface area contributed by atoms with E-state index in [2.05, 4.69) is 0 Å².